The molecule has 3 aromatic rings. The lowest BCUT2D eigenvalue weighted by Gasteiger charge is -2.08. The standard InChI is InChI=1S/C19H18N4O7/c1-20-14-6-5-12(23(25)26)9-13(14)19(24)29-10-17-21-18(22-30-17)11-4-7-15(27-2)16(8-11)28-3/h4-9,20H,10H2,1-3H3. The molecule has 0 atom stereocenters. The molecule has 0 spiro atoms. The molecular weight excluding hydrogens is 396 g/mol. The van der Waals surface area contributed by atoms with Crippen LogP contribution in [0.2, 0.25) is 0 Å². The van der Waals surface area contributed by atoms with Gasteiger partial charge in [-0.3, -0.25) is 10.1 Å². The average Bonchev–Trinajstić information content (AvgIpc) is 3.25. The summed E-state index contributed by atoms with van der Waals surface area (Å²) in [6, 6.07) is 8.96. The van der Waals surface area contributed by atoms with Crippen LogP contribution in [-0.4, -0.2) is 42.3 Å². The van der Waals surface area contributed by atoms with E-state index in [1.165, 1.54) is 26.4 Å². The number of non-ortho nitro benzene ring substituents is 1. The topological polar surface area (TPSA) is 139 Å². The number of carbonyl (C=O) groups excluding carboxylic acids is 1. The van der Waals surface area contributed by atoms with Crippen LogP contribution >= 0.6 is 0 Å². The van der Waals surface area contributed by atoms with Crippen molar-refractivity contribution in [1.29, 1.82) is 0 Å². The van der Waals surface area contributed by atoms with Crippen molar-refractivity contribution in [2.24, 2.45) is 0 Å². The number of nitrogens with zero attached hydrogens (tertiary/aromatic N) is 3. The number of rotatable bonds is 8. The van der Waals surface area contributed by atoms with E-state index in [-0.39, 0.29) is 29.6 Å². The highest BCUT2D eigenvalue weighted by atomic mass is 16.6. The largest absolute Gasteiger partial charge is 0.493 e. The first-order valence-electron chi connectivity index (χ1n) is 8.65. The Morgan fingerprint density at radius 1 is 1.17 bits per heavy atom. The van der Waals surface area contributed by atoms with Gasteiger partial charge in [0.2, 0.25) is 5.82 Å². The fourth-order valence-corrected chi connectivity index (χ4v) is 2.64. The second-order valence-electron chi connectivity index (χ2n) is 5.89. The molecule has 30 heavy (non-hydrogen) atoms. The molecule has 2 aromatic carbocycles. The van der Waals surface area contributed by atoms with Crippen molar-refractivity contribution in [1.82, 2.24) is 10.1 Å². The van der Waals surface area contributed by atoms with Crippen molar-refractivity contribution in [3.63, 3.8) is 0 Å². The molecule has 0 fully saturated rings. The number of hydrogen-bond acceptors (Lipinski definition) is 10. The van der Waals surface area contributed by atoms with Crippen LogP contribution in [0.4, 0.5) is 11.4 Å². The summed E-state index contributed by atoms with van der Waals surface area (Å²) in [5, 5.41) is 17.6. The SMILES string of the molecule is CNc1ccc([N+](=O)[O-])cc1C(=O)OCc1nc(-c2ccc(OC)c(OC)c2)no1. The third kappa shape index (κ3) is 4.29. The average molecular weight is 414 g/mol. The molecule has 0 bridgehead atoms. The van der Waals surface area contributed by atoms with Gasteiger partial charge in [-0.15, -0.1) is 0 Å². The third-order valence-electron chi connectivity index (χ3n) is 4.14. The summed E-state index contributed by atoms with van der Waals surface area (Å²) in [5.74, 6) is 0.612. The van der Waals surface area contributed by atoms with Crippen molar-refractivity contribution in [3.8, 4) is 22.9 Å². The molecule has 1 N–H and O–H groups in total. The second-order valence-corrected chi connectivity index (χ2v) is 5.89. The molecule has 0 aliphatic rings. The fraction of sp³-hybridized carbons (Fsp3) is 0.211. The Balaban J connectivity index is 1.74. The van der Waals surface area contributed by atoms with Gasteiger partial charge < -0.3 is 24.1 Å². The van der Waals surface area contributed by atoms with Crippen LogP contribution in [0, 0.1) is 10.1 Å². The minimum absolute atomic E-state index is 0.0197. The van der Waals surface area contributed by atoms with E-state index >= 15 is 0 Å². The van der Waals surface area contributed by atoms with Crippen LogP contribution in [0.1, 0.15) is 16.2 Å². The van der Waals surface area contributed by atoms with Crippen molar-refractivity contribution < 1.29 is 28.5 Å². The van der Waals surface area contributed by atoms with Crippen molar-refractivity contribution >= 4 is 17.3 Å². The van der Waals surface area contributed by atoms with Gasteiger partial charge in [-0.2, -0.15) is 4.98 Å². The quantitative estimate of drug-likeness (QED) is 0.332. The molecule has 0 aliphatic heterocycles. The van der Waals surface area contributed by atoms with Gasteiger partial charge in [-0.1, -0.05) is 5.16 Å². The van der Waals surface area contributed by atoms with Gasteiger partial charge in [0.1, 0.15) is 0 Å². The van der Waals surface area contributed by atoms with Gasteiger partial charge >= 0.3 is 5.97 Å². The lowest BCUT2D eigenvalue weighted by Crippen LogP contribution is -2.09. The van der Waals surface area contributed by atoms with E-state index in [9.17, 15) is 14.9 Å². The summed E-state index contributed by atoms with van der Waals surface area (Å²) >= 11 is 0. The first-order chi connectivity index (χ1) is 14.5. The predicted molar refractivity (Wildman–Crippen MR) is 105 cm³/mol. The normalized spacial score (nSPS) is 10.4. The summed E-state index contributed by atoms with van der Waals surface area (Å²) in [6.07, 6.45) is 0. The van der Waals surface area contributed by atoms with Crippen LogP contribution in [0.25, 0.3) is 11.4 Å². The highest BCUT2D eigenvalue weighted by Gasteiger charge is 2.19. The van der Waals surface area contributed by atoms with E-state index in [1.54, 1.807) is 25.2 Å². The summed E-state index contributed by atoms with van der Waals surface area (Å²) in [5.41, 5.74) is 0.799. The zero-order chi connectivity index (χ0) is 21.7. The number of ether oxygens (including phenoxy) is 3. The van der Waals surface area contributed by atoms with E-state index in [4.69, 9.17) is 18.7 Å². The maximum atomic E-state index is 12.4. The van der Waals surface area contributed by atoms with Gasteiger partial charge in [-0.25, -0.2) is 4.79 Å². The first-order valence-corrected chi connectivity index (χ1v) is 8.65. The number of carbonyl (C=O) groups is 1. The smallest absolute Gasteiger partial charge is 0.341 e. The minimum Gasteiger partial charge on any atom is -0.493 e. The zero-order valence-corrected chi connectivity index (χ0v) is 16.4. The Bertz CT molecular complexity index is 1080. The molecule has 0 saturated heterocycles. The fourth-order valence-electron chi connectivity index (χ4n) is 2.64. The lowest BCUT2D eigenvalue weighted by atomic mass is 10.1. The molecule has 1 aromatic heterocycles. The van der Waals surface area contributed by atoms with Crippen LogP contribution < -0.4 is 14.8 Å². The maximum Gasteiger partial charge on any atom is 0.341 e. The number of anilines is 1. The molecule has 156 valence electrons. The Morgan fingerprint density at radius 2 is 1.93 bits per heavy atom. The summed E-state index contributed by atoms with van der Waals surface area (Å²) in [4.78, 5) is 27.0. The van der Waals surface area contributed by atoms with E-state index in [1.807, 2.05) is 0 Å². The molecule has 0 unspecified atom stereocenters. The lowest BCUT2D eigenvalue weighted by molar-refractivity contribution is -0.384. The van der Waals surface area contributed by atoms with Crippen LogP contribution in [-0.2, 0) is 11.3 Å². The van der Waals surface area contributed by atoms with Gasteiger partial charge in [0.05, 0.1) is 24.7 Å². The van der Waals surface area contributed by atoms with E-state index < -0.39 is 10.9 Å². The molecular formula is C19H18N4O7. The first kappa shape index (κ1) is 20.6. The van der Waals surface area contributed by atoms with Crippen LogP contribution in [0.5, 0.6) is 11.5 Å². The number of esters is 1. The molecule has 3 rings (SSSR count). The summed E-state index contributed by atoms with van der Waals surface area (Å²) in [6.45, 7) is -0.301. The number of nitrogens with one attached hydrogen (secondary N) is 1. The number of benzene rings is 2. The maximum absolute atomic E-state index is 12.4. The summed E-state index contributed by atoms with van der Waals surface area (Å²) in [7, 11) is 4.63. The molecule has 0 radical (unpaired) electrons. The molecule has 11 nitrogen and oxygen atoms in total. The molecule has 1 heterocycles. The number of nitro benzene ring substituents is 1. The van der Waals surface area contributed by atoms with Gasteiger partial charge in [0.25, 0.3) is 11.6 Å². The number of aromatic nitrogens is 2. The Labute approximate surface area is 170 Å². The number of methoxy groups -OCH3 is 2. The molecule has 0 amide bonds. The monoisotopic (exact) mass is 414 g/mol. The van der Waals surface area contributed by atoms with E-state index in [2.05, 4.69) is 15.5 Å². The highest BCUT2D eigenvalue weighted by Crippen LogP contribution is 2.31. The van der Waals surface area contributed by atoms with Crippen molar-refractivity contribution in [2.75, 3.05) is 26.6 Å². The third-order valence-corrected chi connectivity index (χ3v) is 4.14. The van der Waals surface area contributed by atoms with E-state index in [0.717, 1.165) is 6.07 Å². The predicted octanol–water partition coefficient (Wildman–Crippen LogP) is 3.06. The Hall–Kier alpha value is -4.15. The van der Waals surface area contributed by atoms with E-state index in [0.29, 0.717) is 22.7 Å². The van der Waals surface area contributed by atoms with Gasteiger partial charge in [0, 0.05) is 30.4 Å². The van der Waals surface area contributed by atoms with Crippen LogP contribution in [0.15, 0.2) is 40.9 Å². The Morgan fingerprint density at radius 3 is 2.60 bits per heavy atom. The minimum atomic E-state index is -0.770. The van der Waals surface area contributed by atoms with Crippen molar-refractivity contribution in [3.05, 3.63) is 58.0 Å². The zero-order valence-electron chi connectivity index (χ0n) is 16.4. The molecule has 0 saturated carbocycles. The van der Waals surface area contributed by atoms with Crippen molar-refractivity contribution in [2.45, 2.75) is 6.61 Å². The number of hydrogen-bond donors (Lipinski definition) is 1. The highest BCUT2D eigenvalue weighted by molar-refractivity contribution is 5.96. The van der Waals surface area contributed by atoms with Crippen LogP contribution in [0.3, 0.4) is 0 Å². The second kappa shape index (κ2) is 8.90. The summed E-state index contributed by atoms with van der Waals surface area (Å²) < 4.78 is 20.7. The van der Waals surface area contributed by atoms with Gasteiger partial charge in [0.15, 0.2) is 18.1 Å². The molecule has 11 heteroatoms. The number of nitro groups is 1. The molecule has 0 aliphatic carbocycles. The Kier molecular flexibility index (Phi) is 6.11. The van der Waals surface area contributed by atoms with Gasteiger partial charge in [-0.05, 0) is 24.3 Å².